The maximum Gasteiger partial charge on any atom is 0.251 e. The molecule has 5 rings (SSSR count). The Bertz CT molecular complexity index is 1480. The molecule has 1 aliphatic heterocycles. The van der Waals surface area contributed by atoms with Crippen molar-refractivity contribution in [1.29, 1.82) is 5.26 Å². The minimum absolute atomic E-state index is 0.145. The first-order valence-electron chi connectivity index (χ1n) is 11.5. The Morgan fingerprint density at radius 1 is 1.19 bits per heavy atom. The minimum atomic E-state index is -0.990. The number of piperidine rings is 1. The largest absolute Gasteiger partial charge is 0.396 e. The number of nitrogens with two attached hydrogens (primary N) is 1. The SMILES string of the molecule is C[C@H](O)C(=O)N1CCC(n2cc(-c3cc(Sc4ccc(F)cc4C#N)c4c(N)cnn4c3)cn2)CC1. The van der Waals surface area contributed by atoms with Crippen molar-refractivity contribution in [1.82, 2.24) is 24.3 Å². The number of rotatable bonds is 5. The fourth-order valence-corrected chi connectivity index (χ4v) is 5.52. The molecule has 4 heterocycles. The van der Waals surface area contributed by atoms with Gasteiger partial charge in [0.25, 0.3) is 5.91 Å². The number of fused-ring (bicyclic) bond motifs is 1. The van der Waals surface area contributed by atoms with E-state index >= 15 is 0 Å². The van der Waals surface area contributed by atoms with Gasteiger partial charge in [0.05, 0.1) is 29.7 Å². The van der Waals surface area contributed by atoms with E-state index in [1.165, 1.54) is 30.8 Å². The lowest BCUT2D eigenvalue weighted by Gasteiger charge is -2.32. The smallest absolute Gasteiger partial charge is 0.251 e. The first kappa shape index (κ1) is 23.8. The second-order valence-electron chi connectivity index (χ2n) is 8.78. The lowest BCUT2D eigenvalue weighted by molar-refractivity contribution is -0.140. The zero-order valence-electron chi connectivity index (χ0n) is 19.5. The molecule has 36 heavy (non-hydrogen) atoms. The van der Waals surface area contributed by atoms with Crippen LogP contribution in [0.2, 0.25) is 0 Å². The van der Waals surface area contributed by atoms with Crippen molar-refractivity contribution in [3.05, 3.63) is 60.4 Å². The molecule has 1 aliphatic rings. The predicted octanol–water partition coefficient (Wildman–Crippen LogP) is 3.49. The van der Waals surface area contributed by atoms with E-state index in [2.05, 4.69) is 10.2 Å². The molecule has 11 heteroatoms. The molecule has 0 radical (unpaired) electrons. The third-order valence-corrected chi connectivity index (χ3v) is 7.44. The Kier molecular flexibility index (Phi) is 6.38. The van der Waals surface area contributed by atoms with E-state index in [0.29, 0.717) is 29.2 Å². The number of nitrogen functional groups attached to an aromatic ring is 1. The second kappa shape index (κ2) is 9.64. The molecule has 0 unspecified atom stereocenters. The fourth-order valence-electron chi connectivity index (χ4n) is 4.44. The average Bonchev–Trinajstić information content (AvgIpc) is 3.52. The standard InChI is InChI=1S/C25H24FN7O2S/c1-15(34)25(35)31-6-4-20(5-7-31)32-14-18(11-29-32)17-9-23(24-21(28)12-30-33(24)13-17)36-22-3-2-19(26)8-16(22)10-27/h2-3,8-9,11-15,20,34H,4-7,28H2,1H3/t15-/m0/s1. The zero-order chi connectivity index (χ0) is 25.4. The molecule has 184 valence electrons. The summed E-state index contributed by atoms with van der Waals surface area (Å²) in [6.07, 6.45) is 7.71. The van der Waals surface area contributed by atoms with E-state index in [9.17, 15) is 19.6 Å². The fraction of sp³-hybridized carbons (Fsp3) is 0.280. The number of carbonyl (C=O) groups excluding carboxylic acids is 1. The Hall–Kier alpha value is -3.88. The number of pyridine rings is 1. The van der Waals surface area contributed by atoms with Crippen LogP contribution < -0.4 is 5.73 Å². The van der Waals surface area contributed by atoms with E-state index < -0.39 is 11.9 Å². The van der Waals surface area contributed by atoms with Gasteiger partial charge in [-0.25, -0.2) is 8.91 Å². The number of carbonyl (C=O) groups is 1. The van der Waals surface area contributed by atoms with Gasteiger partial charge in [-0.3, -0.25) is 9.48 Å². The van der Waals surface area contributed by atoms with Gasteiger partial charge in [-0.2, -0.15) is 15.5 Å². The van der Waals surface area contributed by atoms with E-state index in [-0.39, 0.29) is 17.5 Å². The summed E-state index contributed by atoms with van der Waals surface area (Å²) < 4.78 is 17.3. The molecule has 1 aromatic carbocycles. The summed E-state index contributed by atoms with van der Waals surface area (Å²) in [7, 11) is 0. The van der Waals surface area contributed by atoms with Gasteiger partial charge in [0.15, 0.2) is 0 Å². The first-order chi connectivity index (χ1) is 17.3. The van der Waals surface area contributed by atoms with Crippen LogP contribution in [-0.4, -0.2) is 54.5 Å². The maximum absolute atomic E-state index is 13.6. The minimum Gasteiger partial charge on any atom is -0.396 e. The summed E-state index contributed by atoms with van der Waals surface area (Å²) in [4.78, 5) is 15.1. The Morgan fingerprint density at radius 2 is 1.97 bits per heavy atom. The highest BCUT2D eigenvalue weighted by Gasteiger charge is 2.26. The molecular weight excluding hydrogens is 481 g/mol. The van der Waals surface area contributed by atoms with Crippen LogP contribution in [0.15, 0.2) is 58.8 Å². The molecule has 4 aromatic rings. The van der Waals surface area contributed by atoms with Crippen LogP contribution in [0, 0.1) is 17.1 Å². The van der Waals surface area contributed by atoms with Gasteiger partial charge in [0.1, 0.15) is 23.5 Å². The van der Waals surface area contributed by atoms with Crippen LogP contribution in [0.4, 0.5) is 10.1 Å². The molecule has 1 amide bonds. The molecule has 1 atom stereocenters. The monoisotopic (exact) mass is 505 g/mol. The molecule has 1 fully saturated rings. The highest BCUT2D eigenvalue weighted by molar-refractivity contribution is 7.99. The van der Waals surface area contributed by atoms with Crippen LogP contribution in [0.5, 0.6) is 0 Å². The van der Waals surface area contributed by atoms with Gasteiger partial charge >= 0.3 is 0 Å². The van der Waals surface area contributed by atoms with E-state index in [0.717, 1.165) is 28.9 Å². The highest BCUT2D eigenvalue weighted by Crippen LogP contribution is 2.38. The summed E-state index contributed by atoms with van der Waals surface area (Å²) in [5.41, 5.74) is 9.38. The van der Waals surface area contributed by atoms with Gasteiger partial charge in [-0.15, -0.1) is 0 Å². The normalized spacial score (nSPS) is 15.2. The first-order valence-corrected chi connectivity index (χ1v) is 12.3. The number of nitriles is 1. The van der Waals surface area contributed by atoms with Gasteiger partial charge in [0, 0.05) is 46.4 Å². The summed E-state index contributed by atoms with van der Waals surface area (Å²) >= 11 is 1.33. The Labute approximate surface area is 210 Å². The molecular formula is C25H24FN7O2S. The van der Waals surface area contributed by atoms with Crippen molar-refractivity contribution < 1.29 is 14.3 Å². The van der Waals surface area contributed by atoms with E-state index in [1.807, 2.05) is 29.2 Å². The summed E-state index contributed by atoms with van der Waals surface area (Å²) in [5, 5.41) is 28.0. The van der Waals surface area contributed by atoms with Gasteiger partial charge in [0.2, 0.25) is 0 Å². The topological polar surface area (TPSA) is 125 Å². The quantitative estimate of drug-likeness (QED) is 0.425. The van der Waals surface area contributed by atoms with Crippen molar-refractivity contribution in [2.24, 2.45) is 0 Å². The maximum atomic E-state index is 13.6. The number of benzene rings is 1. The summed E-state index contributed by atoms with van der Waals surface area (Å²) in [6.45, 7) is 2.63. The molecule has 9 nitrogen and oxygen atoms in total. The van der Waals surface area contributed by atoms with Crippen LogP contribution in [0.3, 0.4) is 0 Å². The average molecular weight is 506 g/mol. The summed E-state index contributed by atoms with van der Waals surface area (Å²) in [5.74, 6) is -0.709. The number of aromatic nitrogens is 4. The van der Waals surface area contributed by atoms with Crippen LogP contribution in [0.25, 0.3) is 16.6 Å². The number of aliphatic hydroxyl groups excluding tert-OH is 1. The van der Waals surface area contributed by atoms with Crippen LogP contribution in [-0.2, 0) is 4.79 Å². The van der Waals surface area contributed by atoms with E-state index in [4.69, 9.17) is 5.73 Å². The molecule has 0 saturated carbocycles. The summed E-state index contributed by atoms with van der Waals surface area (Å²) in [6, 6.07) is 8.29. The Morgan fingerprint density at radius 3 is 2.69 bits per heavy atom. The second-order valence-corrected chi connectivity index (χ2v) is 9.87. The van der Waals surface area contributed by atoms with Crippen molar-refractivity contribution in [3.63, 3.8) is 0 Å². The number of likely N-dealkylation sites (tertiary alicyclic amines) is 1. The lowest BCUT2D eigenvalue weighted by atomic mass is 10.0. The number of anilines is 1. The van der Waals surface area contributed by atoms with Gasteiger partial charge in [-0.05, 0) is 44.0 Å². The van der Waals surface area contributed by atoms with Gasteiger partial charge < -0.3 is 15.7 Å². The third kappa shape index (κ3) is 4.53. The zero-order valence-corrected chi connectivity index (χ0v) is 20.3. The van der Waals surface area contributed by atoms with Crippen molar-refractivity contribution in [2.45, 2.75) is 41.7 Å². The molecule has 0 spiro atoms. The number of hydrogen-bond acceptors (Lipinski definition) is 7. The number of nitrogens with zero attached hydrogens (tertiary/aromatic N) is 6. The van der Waals surface area contributed by atoms with Crippen molar-refractivity contribution in [2.75, 3.05) is 18.8 Å². The van der Waals surface area contributed by atoms with Gasteiger partial charge in [-0.1, -0.05) is 11.8 Å². The molecule has 1 saturated heterocycles. The number of halogens is 1. The molecule has 0 aliphatic carbocycles. The molecule has 3 aromatic heterocycles. The molecule has 3 N–H and O–H groups in total. The van der Waals surface area contributed by atoms with E-state index in [1.54, 1.807) is 27.9 Å². The van der Waals surface area contributed by atoms with Crippen molar-refractivity contribution >= 4 is 28.9 Å². The Balaban J connectivity index is 1.43. The van der Waals surface area contributed by atoms with Crippen molar-refractivity contribution in [3.8, 4) is 17.2 Å². The lowest BCUT2D eigenvalue weighted by Crippen LogP contribution is -2.43. The highest BCUT2D eigenvalue weighted by atomic mass is 32.2. The third-order valence-electron chi connectivity index (χ3n) is 6.33. The van der Waals surface area contributed by atoms with Crippen LogP contribution >= 0.6 is 11.8 Å². The number of aliphatic hydroxyl groups is 1. The number of amides is 1. The molecule has 0 bridgehead atoms. The predicted molar refractivity (Wildman–Crippen MR) is 133 cm³/mol. The van der Waals surface area contributed by atoms with Crippen LogP contribution in [0.1, 0.15) is 31.4 Å². The number of hydrogen-bond donors (Lipinski definition) is 2.